The molecule has 1 aliphatic rings. The first-order valence-electron chi connectivity index (χ1n) is 10.3. The molecule has 0 saturated heterocycles. The van der Waals surface area contributed by atoms with Gasteiger partial charge in [-0.25, -0.2) is 4.98 Å². The lowest BCUT2D eigenvalue weighted by Crippen LogP contribution is -2.46. The van der Waals surface area contributed by atoms with Gasteiger partial charge < -0.3 is 18.8 Å². The third kappa shape index (κ3) is 4.88. The first kappa shape index (κ1) is 24.4. The average Bonchev–Trinajstić information content (AvgIpc) is 3.20. The number of pyridine rings is 1. The standard InChI is InChI=1S/C22H18F6N4O3/c1-13-11-31(12-29-13)16-3-4-17-19(33)30(6-7-32(17)20(16)34)8-9-35-18-5-2-14(21(23,24)25)10-15(18)22(26,27)28/h2-5,10-12H,6-9H2,1H3. The van der Waals surface area contributed by atoms with Crippen LogP contribution in [0.2, 0.25) is 0 Å². The normalized spacial score (nSPS) is 14.3. The smallest absolute Gasteiger partial charge is 0.419 e. The summed E-state index contributed by atoms with van der Waals surface area (Å²) in [6.45, 7) is 1.49. The molecule has 3 heterocycles. The Hall–Kier alpha value is -3.77. The van der Waals surface area contributed by atoms with E-state index in [1.165, 1.54) is 32.5 Å². The summed E-state index contributed by atoms with van der Waals surface area (Å²) in [7, 11) is 0. The summed E-state index contributed by atoms with van der Waals surface area (Å²) < 4.78 is 86.2. The molecule has 0 atom stereocenters. The topological polar surface area (TPSA) is 69.4 Å². The van der Waals surface area contributed by atoms with E-state index in [2.05, 4.69) is 4.98 Å². The zero-order valence-electron chi connectivity index (χ0n) is 18.2. The molecule has 4 rings (SSSR count). The zero-order valence-corrected chi connectivity index (χ0v) is 18.2. The lowest BCUT2D eigenvalue weighted by Gasteiger charge is -2.30. The molecule has 0 radical (unpaired) electrons. The molecule has 0 aliphatic carbocycles. The second-order valence-corrected chi connectivity index (χ2v) is 7.83. The number of hydrogen-bond donors (Lipinski definition) is 0. The number of alkyl halides is 6. The van der Waals surface area contributed by atoms with Crippen molar-refractivity contribution in [3.63, 3.8) is 0 Å². The van der Waals surface area contributed by atoms with Crippen LogP contribution in [-0.2, 0) is 18.9 Å². The largest absolute Gasteiger partial charge is 0.491 e. The Labute approximate surface area is 194 Å². The van der Waals surface area contributed by atoms with Crippen LogP contribution in [0.5, 0.6) is 5.75 Å². The summed E-state index contributed by atoms with van der Waals surface area (Å²) in [5, 5.41) is 0. The zero-order chi connectivity index (χ0) is 25.5. The van der Waals surface area contributed by atoms with E-state index in [0.29, 0.717) is 23.5 Å². The number of ether oxygens (including phenoxy) is 1. The molecule has 0 fully saturated rings. The van der Waals surface area contributed by atoms with Gasteiger partial charge in [-0.1, -0.05) is 0 Å². The van der Waals surface area contributed by atoms with Gasteiger partial charge in [0, 0.05) is 19.3 Å². The number of halogens is 6. The second-order valence-electron chi connectivity index (χ2n) is 7.83. The third-order valence-electron chi connectivity index (χ3n) is 5.47. The molecule has 186 valence electrons. The molecule has 1 aromatic carbocycles. The minimum atomic E-state index is -5.07. The molecular weight excluding hydrogens is 482 g/mol. The van der Waals surface area contributed by atoms with E-state index in [-0.39, 0.29) is 31.4 Å². The minimum absolute atomic E-state index is 0.0105. The Kier molecular flexibility index (Phi) is 6.11. The third-order valence-corrected chi connectivity index (χ3v) is 5.47. The first-order chi connectivity index (χ1) is 16.4. The van der Waals surface area contributed by atoms with Crippen LogP contribution in [0.25, 0.3) is 5.69 Å². The van der Waals surface area contributed by atoms with Gasteiger partial charge in [0.1, 0.15) is 23.7 Å². The number of carbonyl (C=O) groups is 1. The van der Waals surface area contributed by atoms with E-state index >= 15 is 0 Å². The second kappa shape index (κ2) is 8.78. The summed E-state index contributed by atoms with van der Waals surface area (Å²) in [6, 6.07) is 4.05. The number of hydrogen-bond acceptors (Lipinski definition) is 4. The van der Waals surface area contributed by atoms with Gasteiger partial charge in [0.05, 0.1) is 29.7 Å². The maximum atomic E-state index is 13.3. The monoisotopic (exact) mass is 500 g/mol. The number of benzene rings is 1. The van der Waals surface area contributed by atoms with Crippen LogP contribution >= 0.6 is 0 Å². The lowest BCUT2D eigenvalue weighted by atomic mass is 10.1. The van der Waals surface area contributed by atoms with Crippen molar-refractivity contribution in [2.75, 3.05) is 19.7 Å². The number of fused-ring (bicyclic) bond motifs is 1. The molecule has 7 nitrogen and oxygen atoms in total. The van der Waals surface area contributed by atoms with E-state index in [9.17, 15) is 35.9 Å². The molecule has 0 bridgehead atoms. The van der Waals surface area contributed by atoms with Crippen LogP contribution in [-0.4, -0.2) is 44.6 Å². The predicted molar refractivity (Wildman–Crippen MR) is 110 cm³/mol. The van der Waals surface area contributed by atoms with Crippen molar-refractivity contribution in [1.29, 1.82) is 0 Å². The summed E-state index contributed by atoms with van der Waals surface area (Å²) in [4.78, 5) is 31.0. The summed E-state index contributed by atoms with van der Waals surface area (Å²) >= 11 is 0. The quantitative estimate of drug-likeness (QED) is 0.499. The Bertz CT molecular complexity index is 1330. The summed E-state index contributed by atoms with van der Waals surface area (Å²) in [6.07, 6.45) is -6.87. The average molecular weight is 500 g/mol. The van der Waals surface area contributed by atoms with Crippen molar-refractivity contribution < 1.29 is 35.9 Å². The van der Waals surface area contributed by atoms with Gasteiger partial charge in [-0.05, 0) is 37.3 Å². The number of rotatable bonds is 5. The fourth-order valence-corrected chi connectivity index (χ4v) is 3.74. The van der Waals surface area contributed by atoms with Gasteiger partial charge >= 0.3 is 12.4 Å². The maximum absolute atomic E-state index is 13.3. The van der Waals surface area contributed by atoms with Gasteiger partial charge in [-0.3, -0.25) is 9.59 Å². The number of aromatic nitrogens is 3. The highest BCUT2D eigenvalue weighted by molar-refractivity contribution is 5.93. The molecule has 1 amide bonds. The van der Waals surface area contributed by atoms with E-state index in [1.54, 1.807) is 13.1 Å². The maximum Gasteiger partial charge on any atom is 0.419 e. The number of carbonyl (C=O) groups excluding carboxylic acids is 1. The lowest BCUT2D eigenvalue weighted by molar-refractivity contribution is -0.143. The van der Waals surface area contributed by atoms with E-state index < -0.39 is 47.3 Å². The molecule has 13 heteroatoms. The fourth-order valence-electron chi connectivity index (χ4n) is 3.74. The Morgan fingerprint density at radius 3 is 2.37 bits per heavy atom. The Morgan fingerprint density at radius 1 is 1.00 bits per heavy atom. The molecule has 0 N–H and O–H groups in total. The van der Waals surface area contributed by atoms with Crippen LogP contribution in [0.3, 0.4) is 0 Å². The van der Waals surface area contributed by atoms with Crippen molar-refractivity contribution in [2.24, 2.45) is 0 Å². The van der Waals surface area contributed by atoms with E-state index in [0.717, 1.165) is 0 Å². The van der Waals surface area contributed by atoms with Gasteiger partial charge in [-0.2, -0.15) is 26.3 Å². The minimum Gasteiger partial charge on any atom is -0.491 e. The van der Waals surface area contributed by atoms with Crippen LogP contribution in [0.1, 0.15) is 27.3 Å². The number of nitrogens with zero attached hydrogens (tertiary/aromatic N) is 4. The van der Waals surface area contributed by atoms with Crippen molar-refractivity contribution >= 4 is 5.91 Å². The Balaban J connectivity index is 1.48. The molecule has 0 unspecified atom stereocenters. The molecular formula is C22H18F6N4O3. The van der Waals surface area contributed by atoms with Gasteiger partial charge in [0.2, 0.25) is 0 Å². The van der Waals surface area contributed by atoms with Crippen molar-refractivity contribution in [3.05, 3.63) is 75.7 Å². The Morgan fingerprint density at radius 2 is 1.74 bits per heavy atom. The molecule has 0 saturated carbocycles. The van der Waals surface area contributed by atoms with Crippen LogP contribution < -0.4 is 10.3 Å². The van der Waals surface area contributed by atoms with Gasteiger partial charge in [-0.15, -0.1) is 0 Å². The van der Waals surface area contributed by atoms with Gasteiger partial charge in [0.15, 0.2) is 0 Å². The highest BCUT2D eigenvalue weighted by Crippen LogP contribution is 2.40. The number of amides is 1. The molecule has 2 aromatic heterocycles. The van der Waals surface area contributed by atoms with Crippen LogP contribution in [0.15, 0.2) is 47.7 Å². The van der Waals surface area contributed by atoms with E-state index in [1.807, 2.05) is 0 Å². The first-order valence-corrected chi connectivity index (χ1v) is 10.3. The molecule has 1 aliphatic heterocycles. The van der Waals surface area contributed by atoms with Crippen molar-refractivity contribution in [1.82, 2.24) is 19.0 Å². The van der Waals surface area contributed by atoms with E-state index in [4.69, 9.17) is 4.74 Å². The van der Waals surface area contributed by atoms with Crippen molar-refractivity contribution in [2.45, 2.75) is 25.8 Å². The van der Waals surface area contributed by atoms with Gasteiger partial charge in [0.25, 0.3) is 11.5 Å². The van der Waals surface area contributed by atoms with Crippen LogP contribution in [0, 0.1) is 6.92 Å². The number of imidazole rings is 1. The summed E-state index contributed by atoms with van der Waals surface area (Å²) in [5.74, 6) is -1.29. The van der Waals surface area contributed by atoms with Crippen LogP contribution in [0.4, 0.5) is 26.3 Å². The number of aryl methyl sites for hydroxylation is 1. The molecule has 35 heavy (non-hydrogen) atoms. The predicted octanol–water partition coefficient (Wildman–Crippen LogP) is 3.91. The molecule has 3 aromatic rings. The highest BCUT2D eigenvalue weighted by atomic mass is 19.4. The highest BCUT2D eigenvalue weighted by Gasteiger charge is 2.39. The fraction of sp³-hybridized carbons (Fsp3) is 0.318. The van der Waals surface area contributed by atoms with Crippen molar-refractivity contribution in [3.8, 4) is 11.4 Å². The molecule has 0 spiro atoms. The summed E-state index contributed by atoms with van der Waals surface area (Å²) in [5.41, 5.74) is -2.29. The SMILES string of the molecule is Cc1cn(-c2ccc3n(c2=O)CCN(CCOc2ccc(C(F)(F)F)cc2C(F)(F)F)C3=O)cn1.